The van der Waals surface area contributed by atoms with E-state index in [4.69, 9.17) is 10.5 Å². The molecule has 19 heavy (non-hydrogen) atoms. The maximum absolute atomic E-state index is 6.26. The summed E-state index contributed by atoms with van der Waals surface area (Å²) in [6, 6.07) is 7.79. The second kappa shape index (κ2) is 4.28. The van der Waals surface area contributed by atoms with Gasteiger partial charge in [-0.25, -0.2) is 4.98 Å². The highest BCUT2D eigenvalue weighted by molar-refractivity contribution is 7.17. The molecule has 0 saturated carbocycles. The molecular weight excluding hydrogens is 258 g/mol. The molecule has 5 heteroatoms. The van der Waals surface area contributed by atoms with Crippen molar-refractivity contribution in [1.29, 1.82) is 0 Å². The van der Waals surface area contributed by atoms with Crippen molar-refractivity contribution in [2.45, 2.75) is 13.8 Å². The zero-order valence-electron chi connectivity index (χ0n) is 11.1. The molecule has 0 aliphatic heterocycles. The molecule has 3 aromatic rings. The van der Waals surface area contributed by atoms with Gasteiger partial charge in [-0.1, -0.05) is 12.1 Å². The van der Waals surface area contributed by atoms with Gasteiger partial charge in [0.1, 0.15) is 17.3 Å². The third-order valence-electron chi connectivity index (χ3n) is 3.33. The molecule has 4 nitrogen and oxygen atoms in total. The Kier molecular flexibility index (Phi) is 2.71. The largest absolute Gasteiger partial charge is 0.496 e. The molecule has 3 rings (SSSR count). The van der Waals surface area contributed by atoms with Crippen LogP contribution in [0.1, 0.15) is 10.6 Å². The highest BCUT2D eigenvalue weighted by Crippen LogP contribution is 2.36. The highest BCUT2D eigenvalue weighted by atomic mass is 32.1. The van der Waals surface area contributed by atoms with Gasteiger partial charge in [-0.3, -0.25) is 4.40 Å². The van der Waals surface area contributed by atoms with Gasteiger partial charge in [-0.05, 0) is 26.0 Å². The molecule has 0 atom stereocenters. The SMILES string of the molecule is COc1ccccc1-c1nc2sc(C)c(C)n2c1N. The van der Waals surface area contributed by atoms with Gasteiger partial charge in [0, 0.05) is 16.1 Å². The van der Waals surface area contributed by atoms with E-state index in [1.165, 1.54) is 4.88 Å². The quantitative estimate of drug-likeness (QED) is 0.779. The topological polar surface area (TPSA) is 52.5 Å². The molecule has 2 aromatic heterocycles. The summed E-state index contributed by atoms with van der Waals surface area (Å²) in [5, 5.41) is 0. The van der Waals surface area contributed by atoms with E-state index in [0.29, 0.717) is 5.82 Å². The molecular formula is C14H15N3OS. The molecule has 0 aliphatic rings. The van der Waals surface area contributed by atoms with E-state index in [1.54, 1.807) is 18.4 Å². The lowest BCUT2D eigenvalue weighted by molar-refractivity contribution is 0.416. The van der Waals surface area contributed by atoms with E-state index >= 15 is 0 Å². The fraction of sp³-hybridized carbons (Fsp3) is 0.214. The number of nitrogen functional groups attached to an aromatic ring is 1. The van der Waals surface area contributed by atoms with Crippen molar-refractivity contribution >= 4 is 22.1 Å². The number of rotatable bonds is 2. The summed E-state index contributed by atoms with van der Waals surface area (Å²) in [5.74, 6) is 1.45. The van der Waals surface area contributed by atoms with Crippen molar-refractivity contribution in [2.75, 3.05) is 12.8 Å². The van der Waals surface area contributed by atoms with Crippen molar-refractivity contribution < 1.29 is 4.74 Å². The van der Waals surface area contributed by atoms with E-state index < -0.39 is 0 Å². The number of fused-ring (bicyclic) bond motifs is 1. The number of imidazole rings is 1. The van der Waals surface area contributed by atoms with Gasteiger partial charge in [-0.15, -0.1) is 11.3 Å². The molecule has 0 radical (unpaired) electrons. The van der Waals surface area contributed by atoms with Gasteiger partial charge in [0.15, 0.2) is 4.96 Å². The Morgan fingerprint density at radius 3 is 2.68 bits per heavy atom. The third-order valence-corrected chi connectivity index (χ3v) is 4.39. The summed E-state index contributed by atoms with van der Waals surface area (Å²) in [6.07, 6.45) is 0. The van der Waals surface area contributed by atoms with Crippen LogP contribution in [0.3, 0.4) is 0 Å². The molecule has 2 N–H and O–H groups in total. The Labute approximate surface area is 115 Å². The highest BCUT2D eigenvalue weighted by Gasteiger charge is 2.18. The van der Waals surface area contributed by atoms with Crippen molar-refractivity contribution in [1.82, 2.24) is 9.38 Å². The van der Waals surface area contributed by atoms with Crippen LogP contribution >= 0.6 is 11.3 Å². The number of hydrogen-bond acceptors (Lipinski definition) is 4. The first kappa shape index (κ1) is 12.0. The molecule has 0 unspecified atom stereocenters. The summed E-state index contributed by atoms with van der Waals surface area (Å²) in [6.45, 7) is 4.14. The number of hydrogen-bond donors (Lipinski definition) is 1. The fourth-order valence-electron chi connectivity index (χ4n) is 2.21. The van der Waals surface area contributed by atoms with Gasteiger partial charge < -0.3 is 10.5 Å². The van der Waals surface area contributed by atoms with E-state index in [1.807, 2.05) is 28.7 Å². The van der Waals surface area contributed by atoms with E-state index in [-0.39, 0.29) is 0 Å². The molecule has 0 aliphatic carbocycles. The summed E-state index contributed by atoms with van der Waals surface area (Å²) in [4.78, 5) is 6.81. The first-order valence-electron chi connectivity index (χ1n) is 6.00. The van der Waals surface area contributed by atoms with Gasteiger partial charge >= 0.3 is 0 Å². The minimum atomic E-state index is 0.668. The van der Waals surface area contributed by atoms with Gasteiger partial charge in [-0.2, -0.15) is 0 Å². The van der Waals surface area contributed by atoms with Crippen LogP contribution in [0.15, 0.2) is 24.3 Å². The Balaban J connectivity index is 2.29. The minimum Gasteiger partial charge on any atom is -0.496 e. The van der Waals surface area contributed by atoms with Crippen LogP contribution in [-0.4, -0.2) is 16.5 Å². The summed E-state index contributed by atoms with van der Waals surface area (Å²) < 4.78 is 7.38. The lowest BCUT2D eigenvalue weighted by Gasteiger charge is -2.06. The average molecular weight is 273 g/mol. The lowest BCUT2D eigenvalue weighted by Crippen LogP contribution is -1.96. The Morgan fingerprint density at radius 1 is 1.26 bits per heavy atom. The van der Waals surface area contributed by atoms with Crippen LogP contribution in [0.5, 0.6) is 5.75 Å². The lowest BCUT2D eigenvalue weighted by atomic mass is 10.1. The number of nitrogens with two attached hydrogens (primary N) is 1. The number of ether oxygens (including phenoxy) is 1. The first-order valence-corrected chi connectivity index (χ1v) is 6.82. The van der Waals surface area contributed by atoms with Crippen LogP contribution in [0.25, 0.3) is 16.2 Å². The van der Waals surface area contributed by atoms with Crippen molar-refractivity contribution in [3.63, 3.8) is 0 Å². The predicted octanol–water partition coefficient (Wildman–Crippen LogP) is 3.27. The van der Waals surface area contributed by atoms with Crippen molar-refractivity contribution in [3.8, 4) is 17.0 Å². The number of benzene rings is 1. The Hall–Kier alpha value is -2.01. The zero-order valence-corrected chi connectivity index (χ0v) is 11.9. The number of aryl methyl sites for hydroxylation is 2. The molecule has 0 amide bonds. The maximum atomic E-state index is 6.26. The van der Waals surface area contributed by atoms with E-state index in [0.717, 1.165) is 27.7 Å². The number of anilines is 1. The fourth-order valence-corrected chi connectivity index (χ4v) is 3.19. The molecule has 0 fully saturated rings. The predicted molar refractivity (Wildman–Crippen MR) is 78.9 cm³/mol. The summed E-state index contributed by atoms with van der Waals surface area (Å²) in [5.41, 5.74) is 9.12. The van der Waals surface area contributed by atoms with Crippen LogP contribution in [-0.2, 0) is 0 Å². The number of para-hydroxylation sites is 1. The van der Waals surface area contributed by atoms with Crippen molar-refractivity contribution in [3.05, 3.63) is 34.8 Å². The van der Waals surface area contributed by atoms with Crippen LogP contribution in [0.2, 0.25) is 0 Å². The van der Waals surface area contributed by atoms with Crippen LogP contribution in [0, 0.1) is 13.8 Å². The normalized spacial score (nSPS) is 11.1. The first-order chi connectivity index (χ1) is 9.13. The van der Waals surface area contributed by atoms with Crippen molar-refractivity contribution in [2.24, 2.45) is 0 Å². The second-order valence-electron chi connectivity index (χ2n) is 4.41. The number of aromatic nitrogens is 2. The Bertz CT molecular complexity index is 757. The van der Waals surface area contributed by atoms with E-state index in [9.17, 15) is 0 Å². The number of nitrogens with zero attached hydrogens (tertiary/aromatic N) is 2. The van der Waals surface area contributed by atoms with E-state index in [2.05, 4.69) is 18.8 Å². The monoisotopic (exact) mass is 273 g/mol. The van der Waals surface area contributed by atoms with Crippen LogP contribution < -0.4 is 10.5 Å². The Morgan fingerprint density at radius 2 is 2.00 bits per heavy atom. The second-order valence-corrected chi connectivity index (χ2v) is 5.59. The maximum Gasteiger partial charge on any atom is 0.196 e. The average Bonchev–Trinajstić information content (AvgIpc) is 2.88. The van der Waals surface area contributed by atoms with Crippen LogP contribution in [0.4, 0.5) is 5.82 Å². The minimum absolute atomic E-state index is 0.668. The smallest absolute Gasteiger partial charge is 0.196 e. The number of thiazole rings is 1. The molecule has 0 bridgehead atoms. The number of methoxy groups -OCH3 is 1. The molecule has 98 valence electrons. The summed E-state index contributed by atoms with van der Waals surface area (Å²) in [7, 11) is 1.66. The van der Waals surface area contributed by atoms with Gasteiger partial charge in [0.25, 0.3) is 0 Å². The molecule has 1 aromatic carbocycles. The third kappa shape index (κ3) is 1.69. The molecule has 0 saturated heterocycles. The zero-order chi connectivity index (χ0) is 13.6. The van der Waals surface area contributed by atoms with Gasteiger partial charge in [0.2, 0.25) is 0 Å². The summed E-state index contributed by atoms with van der Waals surface area (Å²) >= 11 is 1.65. The standard InChI is InChI=1S/C14H15N3OS/c1-8-9(2)19-14-16-12(13(15)17(8)14)10-6-4-5-7-11(10)18-3/h4-7H,15H2,1-3H3. The van der Waals surface area contributed by atoms with Gasteiger partial charge in [0.05, 0.1) is 7.11 Å². The molecule has 0 spiro atoms. The molecule has 2 heterocycles.